The molecule has 0 fully saturated rings. The molecule has 3 aromatic rings. The van der Waals surface area contributed by atoms with E-state index in [-0.39, 0.29) is 6.03 Å². The molecule has 1 aliphatic heterocycles. The molecule has 0 aliphatic carbocycles. The molecule has 2 amide bonds. The minimum atomic E-state index is 0.0372. The third kappa shape index (κ3) is 3.07. The minimum Gasteiger partial charge on any atom is -0.364 e. The van der Waals surface area contributed by atoms with Gasteiger partial charge in [0, 0.05) is 33.4 Å². The SMILES string of the molecule is CN(C)C(=O)N1CCCn2nc(CNc3ncnc4[nH]ccc34)cc2C1. The monoisotopic (exact) mass is 354 g/mol. The number of rotatable bonds is 3. The molecule has 0 radical (unpaired) electrons. The number of carbonyl (C=O) groups is 1. The van der Waals surface area contributed by atoms with Crippen LogP contribution in [0.2, 0.25) is 0 Å². The number of hydrogen-bond donors (Lipinski definition) is 2. The first-order valence-electron chi connectivity index (χ1n) is 8.65. The first-order chi connectivity index (χ1) is 12.6. The number of H-pyrrole nitrogens is 1. The Morgan fingerprint density at radius 2 is 2.23 bits per heavy atom. The van der Waals surface area contributed by atoms with Gasteiger partial charge in [-0.15, -0.1) is 0 Å². The molecule has 2 N–H and O–H groups in total. The smallest absolute Gasteiger partial charge is 0.319 e. The average Bonchev–Trinajstić information content (AvgIpc) is 3.21. The molecular weight excluding hydrogens is 332 g/mol. The van der Waals surface area contributed by atoms with Gasteiger partial charge in [-0.05, 0) is 18.6 Å². The van der Waals surface area contributed by atoms with E-state index in [1.807, 2.05) is 21.8 Å². The highest BCUT2D eigenvalue weighted by atomic mass is 16.2. The molecule has 0 aromatic carbocycles. The van der Waals surface area contributed by atoms with Crippen LogP contribution in [0.15, 0.2) is 24.7 Å². The highest BCUT2D eigenvalue weighted by Crippen LogP contribution is 2.19. The highest BCUT2D eigenvalue weighted by Gasteiger charge is 2.21. The predicted octanol–water partition coefficient (Wildman–Crippen LogP) is 1.65. The van der Waals surface area contributed by atoms with Gasteiger partial charge in [0.05, 0.1) is 29.9 Å². The molecule has 1 aliphatic rings. The molecule has 4 heterocycles. The topological polar surface area (TPSA) is 95.0 Å². The molecule has 0 unspecified atom stereocenters. The summed E-state index contributed by atoms with van der Waals surface area (Å²) < 4.78 is 2.01. The van der Waals surface area contributed by atoms with Crippen molar-refractivity contribution in [2.24, 2.45) is 0 Å². The van der Waals surface area contributed by atoms with Crippen molar-refractivity contribution in [2.45, 2.75) is 26.1 Å². The zero-order valence-corrected chi connectivity index (χ0v) is 14.9. The van der Waals surface area contributed by atoms with E-state index in [4.69, 9.17) is 0 Å². The van der Waals surface area contributed by atoms with Crippen LogP contribution < -0.4 is 5.32 Å². The number of carbonyl (C=O) groups excluding carboxylic acids is 1. The molecule has 9 nitrogen and oxygen atoms in total. The number of urea groups is 1. The number of nitrogens with zero attached hydrogens (tertiary/aromatic N) is 6. The Morgan fingerprint density at radius 1 is 1.35 bits per heavy atom. The first kappa shape index (κ1) is 16.4. The molecule has 26 heavy (non-hydrogen) atoms. The van der Waals surface area contributed by atoms with Crippen LogP contribution in [-0.2, 0) is 19.6 Å². The molecule has 9 heteroatoms. The van der Waals surface area contributed by atoms with Crippen LogP contribution >= 0.6 is 0 Å². The van der Waals surface area contributed by atoms with Gasteiger partial charge >= 0.3 is 6.03 Å². The number of fused-ring (bicyclic) bond motifs is 2. The minimum absolute atomic E-state index is 0.0372. The van der Waals surface area contributed by atoms with E-state index in [0.717, 1.165) is 47.7 Å². The summed E-state index contributed by atoms with van der Waals surface area (Å²) in [4.78, 5) is 27.3. The van der Waals surface area contributed by atoms with Gasteiger partial charge in [0.1, 0.15) is 17.8 Å². The summed E-state index contributed by atoms with van der Waals surface area (Å²) in [6, 6.07) is 4.05. The molecule has 0 spiro atoms. The molecule has 0 saturated heterocycles. The number of aryl methyl sites for hydroxylation is 1. The maximum Gasteiger partial charge on any atom is 0.319 e. The van der Waals surface area contributed by atoms with Gasteiger partial charge < -0.3 is 20.1 Å². The predicted molar refractivity (Wildman–Crippen MR) is 97.6 cm³/mol. The van der Waals surface area contributed by atoms with Crippen molar-refractivity contribution in [3.63, 3.8) is 0 Å². The lowest BCUT2D eigenvalue weighted by Crippen LogP contribution is -2.38. The van der Waals surface area contributed by atoms with Crippen LogP contribution in [-0.4, -0.2) is 61.2 Å². The molecule has 0 bridgehead atoms. The Bertz CT molecular complexity index is 928. The summed E-state index contributed by atoms with van der Waals surface area (Å²) in [7, 11) is 3.56. The van der Waals surface area contributed by atoms with E-state index in [1.165, 1.54) is 6.33 Å². The van der Waals surface area contributed by atoms with Gasteiger partial charge in [0.2, 0.25) is 0 Å². The second-order valence-corrected chi connectivity index (χ2v) is 6.62. The number of hydrogen-bond acceptors (Lipinski definition) is 5. The van der Waals surface area contributed by atoms with Crippen molar-refractivity contribution < 1.29 is 4.79 Å². The van der Waals surface area contributed by atoms with Crippen LogP contribution in [0.25, 0.3) is 11.0 Å². The third-order valence-electron chi connectivity index (χ3n) is 4.51. The Hall–Kier alpha value is -3.10. The van der Waals surface area contributed by atoms with Crippen LogP contribution in [0, 0.1) is 0 Å². The molecule has 4 rings (SSSR count). The quantitative estimate of drug-likeness (QED) is 0.746. The van der Waals surface area contributed by atoms with Gasteiger partial charge in [-0.1, -0.05) is 0 Å². The van der Waals surface area contributed by atoms with Crippen molar-refractivity contribution in [3.05, 3.63) is 36.0 Å². The van der Waals surface area contributed by atoms with Gasteiger partial charge in [0.15, 0.2) is 0 Å². The second-order valence-electron chi connectivity index (χ2n) is 6.62. The molecule has 0 atom stereocenters. The second kappa shape index (κ2) is 6.66. The summed E-state index contributed by atoms with van der Waals surface area (Å²) in [5, 5.41) is 8.97. The molecule has 0 saturated carbocycles. The Morgan fingerprint density at radius 3 is 3.08 bits per heavy atom. The highest BCUT2D eigenvalue weighted by molar-refractivity contribution is 5.86. The van der Waals surface area contributed by atoms with Crippen molar-refractivity contribution in [1.82, 2.24) is 34.5 Å². The maximum absolute atomic E-state index is 12.3. The fourth-order valence-corrected chi connectivity index (χ4v) is 3.24. The summed E-state index contributed by atoms with van der Waals surface area (Å²) in [5.74, 6) is 0.781. The summed E-state index contributed by atoms with van der Waals surface area (Å²) in [6.07, 6.45) is 4.28. The summed E-state index contributed by atoms with van der Waals surface area (Å²) >= 11 is 0. The maximum atomic E-state index is 12.3. The van der Waals surface area contributed by atoms with Crippen LogP contribution in [0.4, 0.5) is 10.6 Å². The van der Waals surface area contributed by atoms with Crippen molar-refractivity contribution >= 4 is 22.9 Å². The zero-order chi connectivity index (χ0) is 18.1. The van der Waals surface area contributed by atoms with Crippen molar-refractivity contribution in [3.8, 4) is 0 Å². The fraction of sp³-hybridized carbons (Fsp3) is 0.412. The van der Waals surface area contributed by atoms with Crippen LogP contribution in [0.1, 0.15) is 17.8 Å². The first-order valence-corrected chi connectivity index (χ1v) is 8.65. The lowest BCUT2D eigenvalue weighted by molar-refractivity contribution is 0.169. The standard InChI is InChI=1S/C17H22N8O/c1-23(2)17(26)24-6-3-7-25-13(10-24)8-12(22-25)9-19-16-14-4-5-18-15(14)20-11-21-16/h4-5,8,11H,3,6-7,9-10H2,1-2H3,(H2,18,19,20,21). The Balaban J connectivity index is 1.49. The number of aromatic amines is 1. The number of anilines is 1. The lowest BCUT2D eigenvalue weighted by Gasteiger charge is -2.23. The fourth-order valence-electron chi connectivity index (χ4n) is 3.24. The zero-order valence-electron chi connectivity index (χ0n) is 14.9. The van der Waals surface area contributed by atoms with Gasteiger partial charge in [-0.25, -0.2) is 14.8 Å². The van der Waals surface area contributed by atoms with Crippen molar-refractivity contribution in [2.75, 3.05) is 26.0 Å². The van der Waals surface area contributed by atoms with Gasteiger partial charge in [-0.2, -0.15) is 5.10 Å². The van der Waals surface area contributed by atoms with E-state index >= 15 is 0 Å². The number of amides is 2. The molecular formula is C17H22N8O. The van der Waals surface area contributed by atoms with E-state index in [9.17, 15) is 4.79 Å². The van der Waals surface area contributed by atoms with E-state index in [0.29, 0.717) is 13.1 Å². The number of aromatic nitrogens is 5. The van der Waals surface area contributed by atoms with Crippen molar-refractivity contribution in [1.29, 1.82) is 0 Å². The molecule has 3 aromatic heterocycles. The third-order valence-corrected chi connectivity index (χ3v) is 4.51. The summed E-state index contributed by atoms with van der Waals surface area (Å²) in [5.41, 5.74) is 2.80. The number of nitrogens with one attached hydrogen (secondary N) is 2. The molecule has 136 valence electrons. The lowest BCUT2D eigenvalue weighted by atomic mass is 10.3. The van der Waals surface area contributed by atoms with Gasteiger partial charge in [-0.3, -0.25) is 4.68 Å². The normalized spacial score (nSPS) is 14.2. The van der Waals surface area contributed by atoms with Crippen LogP contribution in [0.5, 0.6) is 0 Å². The van der Waals surface area contributed by atoms with E-state index in [2.05, 4.69) is 31.4 Å². The van der Waals surface area contributed by atoms with E-state index < -0.39 is 0 Å². The Labute approximate surface area is 151 Å². The average molecular weight is 354 g/mol. The van der Waals surface area contributed by atoms with E-state index in [1.54, 1.807) is 19.0 Å². The van der Waals surface area contributed by atoms with Gasteiger partial charge in [0.25, 0.3) is 0 Å². The van der Waals surface area contributed by atoms with Crippen LogP contribution in [0.3, 0.4) is 0 Å². The largest absolute Gasteiger partial charge is 0.364 e. The Kier molecular flexibility index (Phi) is 4.19. The summed E-state index contributed by atoms with van der Waals surface area (Å²) in [6.45, 7) is 2.72.